The van der Waals surface area contributed by atoms with E-state index in [2.05, 4.69) is 20.2 Å². The van der Waals surface area contributed by atoms with Crippen molar-refractivity contribution in [2.75, 3.05) is 66.1 Å². The summed E-state index contributed by atoms with van der Waals surface area (Å²) in [5.41, 5.74) is 2.87. The zero-order chi connectivity index (χ0) is 23.3. The van der Waals surface area contributed by atoms with E-state index in [1.54, 1.807) is 33.7 Å². The van der Waals surface area contributed by atoms with Crippen LogP contribution in [0, 0.1) is 0 Å². The minimum Gasteiger partial charge on any atom is -0.497 e. The second-order valence-corrected chi connectivity index (χ2v) is 7.35. The van der Waals surface area contributed by atoms with Crippen molar-refractivity contribution in [3.05, 3.63) is 60.9 Å². The van der Waals surface area contributed by atoms with Crippen LogP contribution in [0.4, 0.5) is 11.6 Å². The van der Waals surface area contributed by atoms with Gasteiger partial charge in [-0.05, 0) is 42.0 Å². The molecule has 2 aromatic carbocycles. The summed E-state index contributed by atoms with van der Waals surface area (Å²) in [5.74, 6) is 2.17. The fraction of sp³-hybridized carbons (Fsp3) is 0.360. The highest BCUT2D eigenvalue weighted by Gasteiger charge is 2.06. The highest BCUT2D eigenvalue weighted by Crippen LogP contribution is 2.23. The summed E-state index contributed by atoms with van der Waals surface area (Å²) in [4.78, 5) is 11.1. The monoisotopic (exact) mass is 452 g/mol. The Morgan fingerprint density at radius 2 is 1.27 bits per heavy atom. The molecule has 8 heteroatoms. The van der Waals surface area contributed by atoms with Gasteiger partial charge in [-0.1, -0.05) is 12.1 Å². The predicted octanol–water partition coefficient (Wildman–Crippen LogP) is 3.87. The quantitative estimate of drug-likeness (QED) is 0.395. The summed E-state index contributed by atoms with van der Waals surface area (Å²) < 4.78 is 21.4. The molecule has 3 aromatic rings. The van der Waals surface area contributed by atoms with Crippen molar-refractivity contribution in [1.82, 2.24) is 14.9 Å². The Bertz CT molecular complexity index is 926. The Kier molecular flexibility index (Phi) is 9.90. The van der Waals surface area contributed by atoms with Crippen molar-refractivity contribution < 1.29 is 18.9 Å². The van der Waals surface area contributed by atoms with E-state index in [0.29, 0.717) is 25.8 Å². The van der Waals surface area contributed by atoms with Crippen molar-refractivity contribution in [2.45, 2.75) is 0 Å². The third-order valence-electron chi connectivity index (χ3n) is 5.09. The highest BCUT2D eigenvalue weighted by atomic mass is 16.5. The molecule has 0 aliphatic heterocycles. The van der Waals surface area contributed by atoms with Crippen LogP contribution in [-0.2, 0) is 9.47 Å². The standard InChI is InChI=1S/C25H32N4O4/c1-30-15-12-29(13-16-31-2)14-17-33-24-10-6-22(7-11-24)28-25-26-18-21(19-27-25)20-4-8-23(32-3)9-5-20/h4-11,18-19H,12-17H2,1-3H3,(H,26,27,28). The van der Waals surface area contributed by atoms with Crippen LogP contribution in [0.3, 0.4) is 0 Å². The van der Waals surface area contributed by atoms with Crippen LogP contribution in [0.1, 0.15) is 0 Å². The molecule has 0 unspecified atom stereocenters. The molecule has 1 heterocycles. The summed E-state index contributed by atoms with van der Waals surface area (Å²) in [5, 5.41) is 3.21. The summed E-state index contributed by atoms with van der Waals surface area (Å²) >= 11 is 0. The molecule has 176 valence electrons. The van der Waals surface area contributed by atoms with Crippen LogP contribution >= 0.6 is 0 Å². The number of rotatable bonds is 14. The number of methoxy groups -OCH3 is 3. The van der Waals surface area contributed by atoms with Crippen molar-refractivity contribution in [3.63, 3.8) is 0 Å². The minimum absolute atomic E-state index is 0.535. The van der Waals surface area contributed by atoms with Gasteiger partial charge in [-0.3, -0.25) is 4.90 Å². The zero-order valence-corrected chi connectivity index (χ0v) is 19.5. The molecule has 1 N–H and O–H groups in total. The normalized spacial score (nSPS) is 10.9. The number of hydrogen-bond donors (Lipinski definition) is 1. The van der Waals surface area contributed by atoms with Crippen molar-refractivity contribution in [3.8, 4) is 22.6 Å². The fourth-order valence-electron chi connectivity index (χ4n) is 3.16. The van der Waals surface area contributed by atoms with Crippen molar-refractivity contribution in [2.24, 2.45) is 0 Å². The van der Waals surface area contributed by atoms with Crippen LogP contribution in [0.25, 0.3) is 11.1 Å². The van der Waals surface area contributed by atoms with Crippen molar-refractivity contribution in [1.29, 1.82) is 0 Å². The van der Waals surface area contributed by atoms with Crippen molar-refractivity contribution >= 4 is 11.6 Å². The Morgan fingerprint density at radius 1 is 0.697 bits per heavy atom. The number of aromatic nitrogens is 2. The van der Waals surface area contributed by atoms with E-state index in [4.69, 9.17) is 18.9 Å². The lowest BCUT2D eigenvalue weighted by molar-refractivity contribution is 0.104. The molecule has 0 bridgehead atoms. The first kappa shape index (κ1) is 24.4. The molecule has 0 atom stereocenters. The molecule has 0 amide bonds. The average molecular weight is 453 g/mol. The minimum atomic E-state index is 0.535. The maximum absolute atomic E-state index is 5.89. The summed E-state index contributed by atoms with van der Waals surface area (Å²) in [6.07, 6.45) is 3.60. The number of benzene rings is 2. The molecule has 0 aliphatic carbocycles. The van der Waals surface area contributed by atoms with Gasteiger partial charge in [-0.15, -0.1) is 0 Å². The van der Waals surface area contributed by atoms with Gasteiger partial charge in [0.15, 0.2) is 0 Å². The molecule has 8 nitrogen and oxygen atoms in total. The van der Waals surface area contributed by atoms with E-state index in [1.807, 2.05) is 48.5 Å². The number of ether oxygens (including phenoxy) is 4. The van der Waals surface area contributed by atoms with Crippen LogP contribution in [0.15, 0.2) is 60.9 Å². The van der Waals surface area contributed by atoms with Gasteiger partial charge in [0.05, 0.1) is 20.3 Å². The number of hydrogen-bond acceptors (Lipinski definition) is 8. The van der Waals surface area contributed by atoms with Gasteiger partial charge in [-0.2, -0.15) is 0 Å². The largest absolute Gasteiger partial charge is 0.497 e. The van der Waals surface area contributed by atoms with E-state index in [0.717, 1.165) is 47.9 Å². The van der Waals surface area contributed by atoms with Gasteiger partial charge >= 0.3 is 0 Å². The molecule has 0 aliphatic rings. The molecule has 0 saturated carbocycles. The molecule has 0 fully saturated rings. The average Bonchev–Trinajstić information content (AvgIpc) is 2.87. The Hall–Kier alpha value is -3.20. The van der Waals surface area contributed by atoms with E-state index in [-0.39, 0.29) is 0 Å². The Morgan fingerprint density at radius 3 is 1.85 bits per heavy atom. The molecule has 33 heavy (non-hydrogen) atoms. The SMILES string of the molecule is COCCN(CCOC)CCOc1ccc(Nc2ncc(-c3ccc(OC)cc3)cn2)cc1. The summed E-state index contributed by atoms with van der Waals surface area (Å²) in [6.45, 7) is 4.48. The van der Waals surface area contributed by atoms with Gasteiger partial charge in [0.2, 0.25) is 5.95 Å². The smallest absolute Gasteiger partial charge is 0.227 e. The zero-order valence-electron chi connectivity index (χ0n) is 19.5. The third-order valence-corrected chi connectivity index (χ3v) is 5.09. The van der Waals surface area contributed by atoms with Crippen LogP contribution in [0.5, 0.6) is 11.5 Å². The van der Waals surface area contributed by atoms with Crippen LogP contribution in [-0.4, -0.2) is 75.7 Å². The van der Waals surface area contributed by atoms with E-state index >= 15 is 0 Å². The fourth-order valence-corrected chi connectivity index (χ4v) is 3.16. The number of nitrogens with one attached hydrogen (secondary N) is 1. The second kappa shape index (κ2) is 13.4. The Labute approximate surface area is 195 Å². The van der Waals surface area contributed by atoms with Gasteiger partial charge in [0.25, 0.3) is 0 Å². The van der Waals surface area contributed by atoms with Gasteiger partial charge in [0, 0.05) is 57.5 Å². The van der Waals surface area contributed by atoms with Gasteiger partial charge in [-0.25, -0.2) is 9.97 Å². The molecule has 0 radical (unpaired) electrons. The van der Waals surface area contributed by atoms with Crippen LogP contribution < -0.4 is 14.8 Å². The molecule has 1 aromatic heterocycles. The number of anilines is 2. The first-order valence-electron chi connectivity index (χ1n) is 10.9. The van der Waals surface area contributed by atoms with Crippen LogP contribution in [0.2, 0.25) is 0 Å². The molecular formula is C25H32N4O4. The van der Waals surface area contributed by atoms with E-state index < -0.39 is 0 Å². The topological polar surface area (TPSA) is 78.0 Å². The maximum Gasteiger partial charge on any atom is 0.227 e. The first-order chi connectivity index (χ1) is 16.2. The highest BCUT2D eigenvalue weighted by molar-refractivity contribution is 5.63. The summed E-state index contributed by atoms with van der Waals surface area (Å²) in [7, 11) is 5.07. The van der Waals surface area contributed by atoms with Gasteiger partial charge in [0.1, 0.15) is 18.1 Å². The number of nitrogens with zero attached hydrogens (tertiary/aromatic N) is 3. The second-order valence-electron chi connectivity index (χ2n) is 7.35. The summed E-state index contributed by atoms with van der Waals surface area (Å²) in [6, 6.07) is 15.6. The van der Waals surface area contributed by atoms with E-state index in [9.17, 15) is 0 Å². The Balaban J connectivity index is 1.48. The third kappa shape index (κ3) is 8.02. The lowest BCUT2D eigenvalue weighted by atomic mass is 10.1. The lowest BCUT2D eigenvalue weighted by Gasteiger charge is -2.21. The molecule has 3 rings (SSSR count). The first-order valence-corrected chi connectivity index (χ1v) is 10.9. The molecule has 0 spiro atoms. The molecule has 0 saturated heterocycles. The van der Waals surface area contributed by atoms with E-state index in [1.165, 1.54) is 0 Å². The van der Waals surface area contributed by atoms with Gasteiger partial charge < -0.3 is 24.3 Å². The lowest BCUT2D eigenvalue weighted by Crippen LogP contribution is -2.34. The molecular weight excluding hydrogens is 420 g/mol. The predicted molar refractivity (Wildman–Crippen MR) is 129 cm³/mol. The maximum atomic E-state index is 5.89.